The van der Waals surface area contributed by atoms with Crippen molar-refractivity contribution in [2.45, 2.75) is 44.1 Å². The van der Waals surface area contributed by atoms with Crippen LogP contribution >= 0.6 is 0 Å². The minimum Gasteiger partial charge on any atom is -0.196 e. The Hall–Kier alpha value is -1.69. The van der Waals surface area contributed by atoms with Gasteiger partial charge in [-0.05, 0) is 37.8 Å². The highest BCUT2D eigenvalue weighted by Gasteiger charge is 2.30. The van der Waals surface area contributed by atoms with Crippen LogP contribution in [0.5, 0.6) is 0 Å². The summed E-state index contributed by atoms with van der Waals surface area (Å²) in [4.78, 5) is 0. The van der Waals surface area contributed by atoms with Crippen molar-refractivity contribution < 1.29 is 0 Å². The number of benzene rings is 1. The lowest BCUT2D eigenvalue weighted by atomic mass is 9.93. The molecule has 1 saturated carbocycles. The van der Waals surface area contributed by atoms with Gasteiger partial charge in [-0.15, -0.1) is 0 Å². The molecule has 0 saturated heterocycles. The van der Waals surface area contributed by atoms with Crippen LogP contribution in [0, 0.1) is 11.3 Å². The molecule has 1 fully saturated rings. The van der Waals surface area contributed by atoms with Crippen molar-refractivity contribution >= 4 is 5.69 Å². The first-order chi connectivity index (χ1) is 8.35. The highest BCUT2D eigenvalue weighted by molar-refractivity contribution is 5.35. The molecule has 17 heavy (non-hydrogen) atoms. The molecule has 0 radical (unpaired) electrons. The summed E-state index contributed by atoms with van der Waals surface area (Å²) in [5, 5.41) is 17.9. The molecule has 1 aliphatic rings. The SMILES string of the molecule is N#CC1(N=Nc2ccccc2)CCCCCC1. The van der Waals surface area contributed by atoms with Crippen LogP contribution in [0.1, 0.15) is 38.5 Å². The minimum absolute atomic E-state index is 0.577. The maximum atomic E-state index is 9.34. The summed E-state index contributed by atoms with van der Waals surface area (Å²) in [6, 6.07) is 12.0. The molecule has 3 nitrogen and oxygen atoms in total. The molecule has 0 amide bonds. The topological polar surface area (TPSA) is 48.5 Å². The fourth-order valence-electron chi connectivity index (χ4n) is 2.20. The molecule has 0 bridgehead atoms. The van der Waals surface area contributed by atoms with Gasteiger partial charge in [-0.2, -0.15) is 15.5 Å². The Morgan fingerprint density at radius 2 is 1.65 bits per heavy atom. The van der Waals surface area contributed by atoms with Crippen molar-refractivity contribution in [3.05, 3.63) is 30.3 Å². The second-order valence-corrected chi connectivity index (χ2v) is 4.59. The fourth-order valence-corrected chi connectivity index (χ4v) is 2.20. The van der Waals surface area contributed by atoms with Crippen LogP contribution in [0.25, 0.3) is 0 Å². The van der Waals surface area contributed by atoms with Gasteiger partial charge in [-0.3, -0.25) is 0 Å². The van der Waals surface area contributed by atoms with E-state index >= 15 is 0 Å². The van der Waals surface area contributed by atoms with Crippen LogP contribution in [0.2, 0.25) is 0 Å². The zero-order valence-corrected chi connectivity index (χ0v) is 9.97. The predicted octanol–water partition coefficient (Wildman–Crippen LogP) is 4.39. The van der Waals surface area contributed by atoms with Crippen LogP contribution in [-0.2, 0) is 0 Å². The molecule has 0 heterocycles. The van der Waals surface area contributed by atoms with Gasteiger partial charge in [-0.1, -0.05) is 31.0 Å². The van der Waals surface area contributed by atoms with E-state index < -0.39 is 5.54 Å². The van der Waals surface area contributed by atoms with Crippen molar-refractivity contribution in [2.75, 3.05) is 0 Å². The maximum Gasteiger partial charge on any atom is 0.167 e. The molecular weight excluding hydrogens is 210 g/mol. The van der Waals surface area contributed by atoms with Crippen LogP contribution in [0.3, 0.4) is 0 Å². The van der Waals surface area contributed by atoms with Gasteiger partial charge in [-0.25, -0.2) is 0 Å². The molecule has 3 heteroatoms. The highest BCUT2D eigenvalue weighted by Crippen LogP contribution is 2.31. The average molecular weight is 227 g/mol. The third-order valence-corrected chi connectivity index (χ3v) is 3.25. The zero-order chi connectivity index (χ0) is 12.0. The highest BCUT2D eigenvalue weighted by atomic mass is 15.1. The van der Waals surface area contributed by atoms with E-state index in [1.165, 1.54) is 12.8 Å². The quantitative estimate of drug-likeness (QED) is 0.546. The summed E-state index contributed by atoms with van der Waals surface area (Å²) in [7, 11) is 0. The van der Waals surface area contributed by atoms with Gasteiger partial charge in [0.1, 0.15) is 0 Å². The van der Waals surface area contributed by atoms with Gasteiger partial charge >= 0.3 is 0 Å². The Labute approximate surface area is 102 Å². The second-order valence-electron chi connectivity index (χ2n) is 4.59. The first kappa shape index (κ1) is 11.8. The third-order valence-electron chi connectivity index (χ3n) is 3.25. The van der Waals surface area contributed by atoms with Gasteiger partial charge < -0.3 is 0 Å². The van der Waals surface area contributed by atoms with Crippen LogP contribution in [0.4, 0.5) is 5.69 Å². The number of azo groups is 1. The predicted molar refractivity (Wildman–Crippen MR) is 67.0 cm³/mol. The summed E-state index contributed by atoms with van der Waals surface area (Å²) >= 11 is 0. The van der Waals surface area contributed by atoms with E-state index in [1.807, 2.05) is 30.3 Å². The Kier molecular flexibility index (Phi) is 3.87. The van der Waals surface area contributed by atoms with E-state index in [4.69, 9.17) is 0 Å². The molecule has 0 N–H and O–H groups in total. The minimum atomic E-state index is -0.577. The normalized spacial score (nSPS) is 19.7. The molecule has 0 unspecified atom stereocenters. The molecule has 88 valence electrons. The fraction of sp³-hybridized carbons (Fsp3) is 0.500. The smallest absolute Gasteiger partial charge is 0.167 e. The number of rotatable bonds is 2. The van der Waals surface area contributed by atoms with Gasteiger partial charge in [0.15, 0.2) is 5.54 Å². The summed E-state index contributed by atoms with van der Waals surface area (Å²) in [5.74, 6) is 0. The summed E-state index contributed by atoms with van der Waals surface area (Å²) in [6.45, 7) is 0. The summed E-state index contributed by atoms with van der Waals surface area (Å²) in [6.07, 6.45) is 6.29. The van der Waals surface area contributed by atoms with Crippen LogP contribution in [0.15, 0.2) is 40.6 Å². The summed E-state index contributed by atoms with van der Waals surface area (Å²) < 4.78 is 0. The molecule has 0 spiro atoms. The van der Waals surface area contributed by atoms with Crippen LogP contribution in [-0.4, -0.2) is 5.54 Å². The Morgan fingerprint density at radius 1 is 1.00 bits per heavy atom. The summed E-state index contributed by atoms with van der Waals surface area (Å²) in [5.41, 5.74) is 0.248. The molecular formula is C14H17N3. The lowest BCUT2D eigenvalue weighted by Crippen LogP contribution is -2.22. The molecule has 0 aromatic heterocycles. The van der Waals surface area contributed by atoms with Gasteiger partial charge in [0.2, 0.25) is 0 Å². The van der Waals surface area contributed by atoms with Gasteiger partial charge in [0.05, 0.1) is 11.8 Å². The Balaban J connectivity index is 2.14. The van der Waals surface area contributed by atoms with E-state index in [-0.39, 0.29) is 0 Å². The largest absolute Gasteiger partial charge is 0.196 e. The first-order valence-electron chi connectivity index (χ1n) is 6.24. The monoisotopic (exact) mass is 227 g/mol. The Morgan fingerprint density at radius 3 is 2.24 bits per heavy atom. The van der Waals surface area contributed by atoms with E-state index in [0.29, 0.717) is 0 Å². The second kappa shape index (κ2) is 5.58. The van der Waals surface area contributed by atoms with Crippen molar-refractivity contribution in [3.8, 4) is 6.07 Å². The zero-order valence-electron chi connectivity index (χ0n) is 9.97. The average Bonchev–Trinajstić information content (AvgIpc) is 2.64. The molecule has 2 rings (SSSR count). The number of hydrogen-bond acceptors (Lipinski definition) is 3. The van der Waals surface area contributed by atoms with Crippen molar-refractivity contribution in [1.29, 1.82) is 5.26 Å². The van der Waals surface area contributed by atoms with E-state index in [2.05, 4.69) is 16.3 Å². The molecule has 1 aliphatic carbocycles. The lowest BCUT2D eigenvalue weighted by Gasteiger charge is -2.17. The molecule has 0 atom stereocenters. The van der Waals surface area contributed by atoms with E-state index in [9.17, 15) is 5.26 Å². The van der Waals surface area contributed by atoms with Gasteiger partial charge in [0, 0.05) is 0 Å². The number of nitrogens with zero attached hydrogens (tertiary/aromatic N) is 3. The van der Waals surface area contributed by atoms with E-state index in [1.54, 1.807) is 0 Å². The van der Waals surface area contributed by atoms with Crippen molar-refractivity contribution in [2.24, 2.45) is 10.2 Å². The number of hydrogen-bond donors (Lipinski definition) is 0. The third kappa shape index (κ3) is 3.13. The van der Waals surface area contributed by atoms with E-state index in [0.717, 1.165) is 31.4 Å². The standard InChI is InChI=1S/C14H17N3/c15-12-14(10-6-1-2-7-11-14)17-16-13-8-4-3-5-9-13/h3-5,8-9H,1-2,6-7,10-11H2. The van der Waals surface area contributed by atoms with Crippen LogP contribution < -0.4 is 0 Å². The Bertz CT molecular complexity index is 409. The molecule has 1 aromatic rings. The lowest BCUT2D eigenvalue weighted by molar-refractivity contribution is 0.456. The first-order valence-corrected chi connectivity index (χ1v) is 6.24. The maximum absolute atomic E-state index is 9.34. The van der Waals surface area contributed by atoms with Gasteiger partial charge in [0.25, 0.3) is 0 Å². The molecule has 1 aromatic carbocycles. The van der Waals surface area contributed by atoms with Crippen molar-refractivity contribution in [3.63, 3.8) is 0 Å². The van der Waals surface area contributed by atoms with Crippen molar-refractivity contribution in [1.82, 2.24) is 0 Å². The molecule has 0 aliphatic heterocycles. The number of nitriles is 1.